The van der Waals surface area contributed by atoms with Gasteiger partial charge in [-0.05, 0) is 43.7 Å². The monoisotopic (exact) mass is 396 g/mol. The van der Waals surface area contributed by atoms with Gasteiger partial charge in [0.1, 0.15) is 5.82 Å². The molecule has 0 radical (unpaired) electrons. The summed E-state index contributed by atoms with van der Waals surface area (Å²) in [5.74, 6) is 2.61. The van der Waals surface area contributed by atoms with E-state index >= 15 is 0 Å². The maximum absolute atomic E-state index is 12.6. The number of amides is 1. The number of ether oxygens (including phenoxy) is 2. The second kappa shape index (κ2) is 8.69. The molecule has 0 N–H and O–H groups in total. The summed E-state index contributed by atoms with van der Waals surface area (Å²) in [5.41, 5.74) is 1.94. The highest BCUT2D eigenvalue weighted by atomic mass is 16.7. The SMILES string of the molecule is CCN(CC)C(=O)c1ccnc(N2CCN(Cc3ccc4c(c3)OCO4)CC2)c1. The molecule has 2 aliphatic heterocycles. The smallest absolute Gasteiger partial charge is 0.254 e. The molecule has 0 spiro atoms. The van der Waals surface area contributed by atoms with Crippen molar-refractivity contribution in [3.63, 3.8) is 0 Å². The Balaban J connectivity index is 1.36. The van der Waals surface area contributed by atoms with E-state index in [1.54, 1.807) is 12.3 Å². The lowest BCUT2D eigenvalue weighted by molar-refractivity contribution is 0.0773. The lowest BCUT2D eigenvalue weighted by atomic mass is 10.1. The van der Waals surface area contributed by atoms with Crippen LogP contribution in [0.1, 0.15) is 29.8 Å². The Bertz CT molecular complexity index is 861. The zero-order valence-corrected chi connectivity index (χ0v) is 17.1. The summed E-state index contributed by atoms with van der Waals surface area (Å²) in [6, 6.07) is 9.88. The predicted octanol–water partition coefficient (Wildman–Crippen LogP) is 2.61. The molecule has 1 aromatic carbocycles. The van der Waals surface area contributed by atoms with Crippen molar-refractivity contribution in [2.24, 2.45) is 0 Å². The maximum Gasteiger partial charge on any atom is 0.254 e. The number of hydrogen-bond acceptors (Lipinski definition) is 6. The third-order valence-corrected chi connectivity index (χ3v) is 5.58. The quantitative estimate of drug-likeness (QED) is 0.748. The Kier molecular flexibility index (Phi) is 5.85. The fourth-order valence-corrected chi connectivity index (χ4v) is 3.85. The van der Waals surface area contributed by atoms with Crippen LogP contribution in [0.4, 0.5) is 5.82 Å². The number of fused-ring (bicyclic) bond motifs is 1. The van der Waals surface area contributed by atoms with E-state index in [1.165, 1.54) is 5.56 Å². The van der Waals surface area contributed by atoms with Gasteiger partial charge in [0.05, 0.1) is 0 Å². The van der Waals surface area contributed by atoms with E-state index in [1.807, 2.05) is 30.9 Å². The van der Waals surface area contributed by atoms with Crippen molar-refractivity contribution in [1.82, 2.24) is 14.8 Å². The second-order valence-corrected chi connectivity index (χ2v) is 7.33. The third kappa shape index (κ3) is 4.29. The van der Waals surface area contributed by atoms with Crippen LogP contribution < -0.4 is 14.4 Å². The van der Waals surface area contributed by atoms with Crippen LogP contribution in [0.5, 0.6) is 11.5 Å². The highest BCUT2D eigenvalue weighted by molar-refractivity contribution is 5.94. The van der Waals surface area contributed by atoms with Crippen LogP contribution in [0.3, 0.4) is 0 Å². The number of rotatable bonds is 6. The van der Waals surface area contributed by atoms with Gasteiger partial charge in [-0.15, -0.1) is 0 Å². The summed E-state index contributed by atoms with van der Waals surface area (Å²) in [5, 5.41) is 0. The Morgan fingerprint density at radius 1 is 1.03 bits per heavy atom. The van der Waals surface area contributed by atoms with Crippen molar-refractivity contribution >= 4 is 11.7 Å². The zero-order valence-electron chi connectivity index (χ0n) is 17.1. The number of piperazine rings is 1. The number of hydrogen-bond donors (Lipinski definition) is 0. The van der Waals surface area contributed by atoms with Gasteiger partial charge >= 0.3 is 0 Å². The van der Waals surface area contributed by atoms with Crippen LogP contribution in [0.15, 0.2) is 36.5 Å². The van der Waals surface area contributed by atoms with Gasteiger partial charge < -0.3 is 19.3 Å². The van der Waals surface area contributed by atoms with Crippen LogP contribution in [-0.2, 0) is 6.54 Å². The molecular formula is C22H28N4O3. The largest absolute Gasteiger partial charge is 0.454 e. The molecule has 1 amide bonds. The highest BCUT2D eigenvalue weighted by Crippen LogP contribution is 2.33. The molecule has 7 nitrogen and oxygen atoms in total. The van der Waals surface area contributed by atoms with Crippen molar-refractivity contribution in [1.29, 1.82) is 0 Å². The van der Waals surface area contributed by atoms with E-state index in [-0.39, 0.29) is 5.91 Å². The number of aromatic nitrogens is 1. The van der Waals surface area contributed by atoms with E-state index in [9.17, 15) is 4.79 Å². The fourth-order valence-electron chi connectivity index (χ4n) is 3.85. The summed E-state index contributed by atoms with van der Waals surface area (Å²) in [4.78, 5) is 23.7. The number of anilines is 1. The topological polar surface area (TPSA) is 58.1 Å². The van der Waals surface area contributed by atoms with Crippen molar-refractivity contribution in [3.8, 4) is 11.5 Å². The van der Waals surface area contributed by atoms with Crippen molar-refractivity contribution in [2.75, 3.05) is 51.0 Å². The molecular weight excluding hydrogens is 368 g/mol. The summed E-state index contributed by atoms with van der Waals surface area (Å²) < 4.78 is 10.9. The predicted molar refractivity (Wildman–Crippen MR) is 112 cm³/mol. The lowest BCUT2D eigenvalue weighted by Gasteiger charge is -2.35. The van der Waals surface area contributed by atoms with E-state index in [2.05, 4.69) is 26.9 Å². The highest BCUT2D eigenvalue weighted by Gasteiger charge is 2.21. The molecule has 2 aliphatic rings. The molecule has 0 atom stereocenters. The summed E-state index contributed by atoms with van der Waals surface area (Å²) in [7, 11) is 0. The van der Waals surface area contributed by atoms with Crippen LogP contribution in [0, 0.1) is 0 Å². The Morgan fingerprint density at radius 2 is 1.79 bits per heavy atom. The summed E-state index contributed by atoms with van der Waals surface area (Å²) in [6.45, 7) is 10.3. The number of nitrogens with zero attached hydrogens (tertiary/aromatic N) is 4. The van der Waals surface area contributed by atoms with Crippen molar-refractivity contribution < 1.29 is 14.3 Å². The standard InChI is InChI=1S/C22H28N4O3/c1-3-25(4-2)22(27)18-7-8-23-21(14-18)26-11-9-24(10-12-26)15-17-5-6-19-20(13-17)29-16-28-19/h5-8,13-14H,3-4,9-12,15-16H2,1-2H3. The summed E-state index contributed by atoms with van der Waals surface area (Å²) in [6.07, 6.45) is 1.74. The van der Waals surface area contributed by atoms with Gasteiger partial charge in [-0.1, -0.05) is 6.07 Å². The minimum Gasteiger partial charge on any atom is -0.454 e. The normalized spacial score (nSPS) is 16.1. The van der Waals surface area contributed by atoms with E-state index in [0.29, 0.717) is 25.4 Å². The molecule has 29 heavy (non-hydrogen) atoms. The molecule has 154 valence electrons. The minimum atomic E-state index is 0.0695. The molecule has 2 aromatic rings. The first-order valence-electron chi connectivity index (χ1n) is 10.3. The maximum atomic E-state index is 12.6. The minimum absolute atomic E-state index is 0.0695. The summed E-state index contributed by atoms with van der Waals surface area (Å²) >= 11 is 0. The fraction of sp³-hybridized carbons (Fsp3) is 0.455. The van der Waals surface area contributed by atoms with E-state index in [0.717, 1.165) is 50.0 Å². The Labute approximate surface area is 171 Å². The van der Waals surface area contributed by atoms with Gasteiger partial charge in [-0.3, -0.25) is 9.69 Å². The van der Waals surface area contributed by atoms with Crippen molar-refractivity contribution in [2.45, 2.75) is 20.4 Å². The molecule has 1 saturated heterocycles. The Morgan fingerprint density at radius 3 is 2.55 bits per heavy atom. The molecule has 0 bridgehead atoms. The molecule has 0 saturated carbocycles. The second-order valence-electron chi connectivity index (χ2n) is 7.33. The first kappa shape index (κ1) is 19.5. The Hall–Kier alpha value is -2.80. The molecule has 3 heterocycles. The molecule has 7 heteroatoms. The number of carbonyl (C=O) groups is 1. The van der Waals surface area contributed by atoms with Crippen LogP contribution in [0.25, 0.3) is 0 Å². The average molecular weight is 396 g/mol. The van der Waals surface area contributed by atoms with E-state index < -0.39 is 0 Å². The van der Waals surface area contributed by atoms with Gasteiger partial charge in [-0.25, -0.2) is 4.98 Å². The van der Waals surface area contributed by atoms with Gasteiger partial charge in [0.25, 0.3) is 5.91 Å². The van der Waals surface area contributed by atoms with Gasteiger partial charge in [0, 0.05) is 57.6 Å². The van der Waals surface area contributed by atoms with Crippen LogP contribution in [0.2, 0.25) is 0 Å². The number of carbonyl (C=O) groups excluding carboxylic acids is 1. The van der Waals surface area contributed by atoms with Gasteiger partial charge in [0.15, 0.2) is 11.5 Å². The zero-order chi connectivity index (χ0) is 20.2. The third-order valence-electron chi connectivity index (χ3n) is 5.58. The number of pyridine rings is 1. The molecule has 4 rings (SSSR count). The molecule has 0 unspecified atom stereocenters. The van der Waals surface area contributed by atoms with Gasteiger partial charge in [0.2, 0.25) is 6.79 Å². The van der Waals surface area contributed by atoms with E-state index in [4.69, 9.17) is 9.47 Å². The lowest BCUT2D eigenvalue weighted by Crippen LogP contribution is -2.46. The number of benzene rings is 1. The van der Waals surface area contributed by atoms with Crippen LogP contribution >= 0.6 is 0 Å². The first-order valence-corrected chi connectivity index (χ1v) is 10.3. The van der Waals surface area contributed by atoms with Crippen molar-refractivity contribution in [3.05, 3.63) is 47.7 Å². The first-order chi connectivity index (χ1) is 14.2. The van der Waals surface area contributed by atoms with Gasteiger partial charge in [-0.2, -0.15) is 0 Å². The molecule has 1 fully saturated rings. The molecule has 1 aromatic heterocycles. The molecule has 0 aliphatic carbocycles. The average Bonchev–Trinajstić information content (AvgIpc) is 3.23. The van der Waals surface area contributed by atoms with Crippen LogP contribution in [-0.4, -0.2) is 66.8 Å².